The highest BCUT2D eigenvalue weighted by molar-refractivity contribution is 5.92. The molecule has 2 aromatic rings. The maximum atomic E-state index is 13.4. The maximum absolute atomic E-state index is 13.4. The standard InChI is InChI=1S/C31H40N4O6/c1-17(2)24-16-28(37)23(19(4)36)12-9-21-8-10-22-11-13-25(33-27(22)15-21)20(5)41-31(40)26-7-6-14-35(34-26)30(39)18(3)32-29(24)38/h8-13,15,17-20,23-24,26,34,36H,6-7,14,16H2,1-5H3,(H,32,38)/b12-9+/t18-,19+,20+,23+,24-,26-/m0/s1. The molecule has 2 amide bonds. The minimum Gasteiger partial charge on any atom is -0.455 e. The summed E-state index contributed by atoms with van der Waals surface area (Å²) in [6.45, 7) is 8.95. The Morgan fingerprint density at radius 1 is 1.07 bits per heavy atom. The van der Waals surface area contributed by atoms with Crippen LogP contribution < -0.4 is 10.7 Å². The highest BCUT2D eigenvalue weighted by Gasteiger charge is 2.35. The number of hydrogen-bond acceptors (Lipinski definition) is 8. The monoisotopic (exact) mass is 564 g/mol. The Morgan fingerprint density at radius 3 is 2.51 bits per heavy atom. The van der Waals surface area contributed by atoms with Crippen LogP contribution in [-0.2, 0) is 23.9 Å². The first-order valence-electron chi connectivity index (χ1n) is 14.3. The number of carbonyl (C=O) groups is 4. The van der Waals surface area contributed by atoms with Gasteiger partial charge < -0.3 is 15.2 Å². The number of ketones is 1. The number of pyridine rings is 1. The van der Waals surface area contributed by atoms with E-state index in [1.54, 1.807) is 32.9 Å². The minimum atomic E-state index is -0.962. The largest absolute Gasteiger partial charge is 0.455 e. The van der Waals surface area contributed by atoms with Crippen LogP contribution in [0.1, 0.15) is 71.2 Å². The van der Waals surface area contributed by atoms with E-state index in [-0.39, 0.29) is 24.0 Å². The molecule has 0 saturated carbocycles. The SMILES string of the molecule is CC(C)[C@@H]1CC(=O)[C@@H]([C@@H](C)O)/C=C/c2ccc3ccc(nc3c2)[C@@H](C)OC(=O)[C@@H]2CCCN(N2)C(=O)[C@H](C)NC1=O. The van der Waals surface area contributed by atoms with Crippen molar-refractivity contribution in [2.24, 2.45) is 17.8 Å². The predicted octanol–water partition coefficient (Wildman–Crippen LogP) is 3.09. The van der Waals surface area contributed by atoms with Gasteiger partial charge in [-0.3, -0.25) is 24.2 Å². The lowest BCUT2D eigenvalue weighted by Gasteiger charge is -2.35. The van der Waals surface area contributed by atoms with Gasteiger partial charge in [0.15, 0.2) is 0 Å². The minimum absolute atomic E-state index is 0.0826. The van der Waals surface area contributed by atoms with Gasteiger partial charge in [-0.2, -0.15) is 0 Å². The molecule has 10 heteroatoms. The molecular weight excluding hydrogens is 524 g/mol. The van der Waals surface area contributed by atoms with Crippen LogP contribution in [0.4, 0.5) is 0 Å². The number of nitrogens with zero attached hydrogens (tertiary/aromatic N) is 2. The normalized spacial score (nSPS) is 28.4. The van der Waals surface area contributed by atoms with E-state index in [1.807, 2.05) is 44.2 Å². The molecule has 2 aliphatic heterocycles. The number of Topliss-reactive ketones (excluding diaryl/α,β-unsaturated/α-hetero) is 1. The lowest BCUT2D eigenvalue weighted by molar-refractivity contribution is -0.157. The van der Waals surface area contributed by atoms with Gasteiger partial charge in [0.05, 0.1) is 23.2 Å². The number of nitrogens with one attached hydrogen (secondary N) is 2. The summed E-state index contributed by atoms with van der Waals surface area (Å²) in [6.07, 6.45) is 2.83. The van der Waals surface area contributed by atoms with Crippen LogP contribution in [0.15, 0.2) is 36.4 Å². The van der Waals surface area contributed by atoms with Crippen molar-refractivity contribution in [1.82, 2.24) is 20.7 Å². The molecule has 3 heterocycles. The Balaban J connectivity index is 1.71. The van der Waals surface area contributed by atoms with E-state index < -0.39 is 48.0 Å². The predicted molar refractivity (Wildman–Crippen MR) is 154 cm³/mol. The summed E-state index contributed by atoms with van der Waals surface area (Å²) in [4.78, 5) is 57.6. The van der Waals surface area contributed by atoms with Gasteiger partial charge in [-0.05, 0) is 57.2 Å². The topological polar surface area (TPSA) is 138 Å². The van der Waals surface area contributed by atoms with Gasteiger partial charge in [-0.25, -0.2) is 10.4 Å². The van der Waals surface area contributed by atoms with Gasteiger partial charge in [0.1, 0.15) is 24.0 Å². The molecule has 10 nitrogen and oxygen atoms in total. The molecule has 5 bridgehead atoms. The number of rotatable bonds is 2. The molecule has 1 aromatic heterocycles. The molecule has 41 heavy (non-hydrogen) atoms. The smallest absolute Gasteiger partial charge is 0.325 e. The van der Waals surface area contributed by atoms with Crippen molar-refractivity contribution in [3.63, 3.8) is 0 Å². The van der Waals surface area contributed by atoms with Gasteiger partial charge >= 0.3 is 5.97 Å². The fraction of sp³-hybridized carbons (Fsp3) is 0.516. The van der Waals surface area contributed by atoms with E-state index >= 15 is 0 Å². The van der Waals surface area contributed by atoms with Crippen LogP contribution in [-0.4, -0.2) is 63.4 Å². The molecule has 220 valence electrons. The maximum Gasteiger partial charge on any atom is 0.325 e. The molecule has 0 unspecified atom stereocenters. The summed E-state index contributed by atoms with van der Waals surface area (Å²) in [5.74, 6) is -3.24. The number of amides is 2. The molecule has 0 spiro atoms. The fourth-order valence-electron chi connectivity index (χ4n) is 5.26. The summed E-state index contributed by atoms with van der Waals surface area (Å²) in [7, 11) is 0. The third-order valence-electron chi connectivity index (χ3n) is 7.86. The molecule has 3 N–H and O–H groups in total. The Labute approximate surface area is 240 Å². The van der Waals surface area contributed by atoms with Gasteiger partial charge in [0, 0.05) is 24.3 Å². The van der Waals surface area contributed by atoms with E-state index in [0.717, 1.165) is 10.9 Å². The van der Waals surface area contributed by atoms with Crippen molar-refractivity contribution in [2.45, 2.75) is 78.2 Å². The van der Waals surface area contributed by atoms with E-state index in [9.17, 15) is 24.3 Å². The van der Waals surface area contributed by atoms with Gasteiger partial charge in [-0.1, -0.05) is 44.2 Å². The van der Waals surface area contributed by atoms with Gasteiger partial charge in [0.25, 0.3) is 5.91 Å². The first-order chi connectivity index (χ1) is 19.4. The Morgan fingerprint density at radius 2 is 1.80 bits per heavy atom. The third kappa shape index (κ3) is 7.18. The zero-order valence-electron chi connectivity index (χ0n) is 24.3. The highest BCUT2D eigenvalue weighted by atomic mass is 16.5. The van der Waals surface area contributed by atoms with Crippen molar-refractivity contribution in [2.75, 3.05) is 6.54 Å². The number of esters is 1. The number of fused-ring (bicyclic) bond motifs is 4. The molecule has 1 aromatic carbocycles. The van der Waals surface area contributed by atoms with Crippen LogP contribution in [0.2, 0.25) is 0 Å². The highest BCUT2D eigenvalue weighted by Crippen LogP contribution is 2.25. The average molecular weight is 565 g/mol. The van der Waals surface area contributed by atoms with Crippen molar-refractivity contribution in [3.05, 3.63) is 47.7 Å². The zero-order chi connectivity index (χ0) is 29.8. The van der Waals surface area contributed by atoms with Gasteiger partial charge in [0.2, 0.25) is 5.91 Å². The van der Waals surface area contributed by atoms with E-state index in [2.05, 4.69) is 10.7 Å². The Kier molecular flexibility index (Phi) is 9.55. The lowest BCUT2D eigenvalue weighted by atomic mass is 9.84. The molecule has 4 rings (SSSR count). The molecule has 2 aliphatic rings. The van der Waals surface area contributed by atoms with Crippen LogP contribution in [0.3, 0.4) is 0 Å². The van der Waals surface area contributed by atoms with Crippen LogP contribution in [0, 0.1) is 17.8 Å². The number of hydrogen-bond donors (Lipinski definition) is 3. The number of ether oxygens (including phenoxy) is 1. The summed E-state index contributed by atoms with van der Waals surface area (Å²) in [5, 5.41) is 15.5. The molecule has 1 fully saturated rings. The number of aromatic nitrogens is 1. The summed E-state index contributed by atoms with van der Waals surface area (Å²) >= 11 is 0. The second-order valence-electron chi connectivity index (χ2n) is 11.5. The zero-order valence-corrected chi connectivity index (χ0v) is 24.3. The second-order valence-corrected chi connectivity index (χ2v) is 11.5. The first kappa shape index (κ1) is 30.3. The third-order valence-corrected chi connectivity index (χ3v) is 7.86. The number of cyclic esters (lactones) is 1. The summed E-state index contributed by atoms with van der Waals surface area (Å²) in [5.41, 5.74) is 5.02. The molecule has 6 atom stereocenters. The van der Waals surface area contributed by atoms with E-state index in [0.29, 0.717) is 30.6 Å². The first-order valence-corrected chi connectivity index (χ1v) is 14.3. The van der Waals surface area contributed by atoms with Gasteiger partial charge in [-0.15, -0.1) is 0 Å². The summed E-state index contributed by atoms with van der Waals surface area (Å²) in [6, 6.07) is 7.79. The molecular formula is C31H40N4O6. The van der Waals surface area contributed by atoms with Crippen molar-refractivity contribution < 1.29 is 29.0 Å². The van der Waals surface area contributed by atoms with E-state index in [1.165, 1.54) is 5.01 Å². The average Bonchev–Trinajstić information content (AvgIpc) is 2.94. The number of aliphatic hydroxyl groups is 1. The van der Waals surface area contributed by atoms with Crippen LogP contribution in [0.25, 0.3) is 17.0 Å². The fourth-order valence-corrected chi connectivity index (χ4v) is 5.26. The second kappa shape index (κ2) is 12.9. The number of aliphatic hydroxyl groups excluding tert-OH is 1. The quantitative estimate of drug-likeness (QED) is 0.473. The molecule has 0 radical (unpaired) electrons. The Hall–Kier alpha value is -3.63. The van der Waals surface area contributed by atoms with E-state index in [4.69, 9.17) is 9.72 Å². The van der Waals surface area contributed by atoms with Crippen LogP contribution in [0.5, 0.6) is 0 Å². The molecule has 0 aliphatic carbocycles. The van der Waals surface area contributed by atoms with Crippen molar-refractivity contribution in [3.8, 4) is 0 Å². The van der Waals surface area contributed by atoms with Crippen molar-refractivity contribution in [1.29, 1.82) is 0 Å². The number of carbonyl (C=O) groups excluding carboxylic acids is 4. The number of hydrazine groups is 1. The number of benzene rings is 1. The lowest BCUT2D eigenvalue weighted by Crippen LogP contribution is -2.59. The van der Waals surface area contributed by atoms with Crippen molar-refractivity contribution >= 4 is 40.5 Å². The van der Waals surface area contributed by atoms with Crippen LogP contribution >= 0.6 is 0 Å². The summed E-state index contributed by atoms with van der Waals surface area (Å²) < 4.78 is 5.74. The molecule has 1 saturated heterocycles. The Bertz CT molecular complexity index is 1340.